The number of hydrogen-bond acceptors (Lipinski definition) is 5. The summed E-state index contributed by atoms with van der Waals surface area (Å²) in [5.41, 5.74) is 1.18. The van der Waals surface area contributed by atoms with E-state index >= 15 is 0 Å². The molecule has 1 aromatic carbocycles. The summed E-state index contributed by atoms with van der Waals surface area (Å²) in [4.78, 5) is 26.0. The van der Waals surface area contributed by atoms with Crippen LogP contribution in [0.25, 0.3) is 0 Å². The van der Waals surface area contributed by atoms with Crippen molar-refractivity contribution < 1.29 is 24.2 Å². The molecule has 0 radical (unpaired) electrons. The van der Waals surface area contributed by atoms with Gasteiger partial charge in [0.05, 0.1) is 7.11 Å². The average molecular weight is 392 g/mol. The monoisotopic (exact) mass is 392 g/mol. The number of carboxylic acids is 1. The number of amides is 1. The number of likely N-dealkylation sites (tertiary alicyclic amines) is 1. The van der Waals surface area contributed by atoms with Gasteiger partial charge >= 0.3 is 12.1 Å². The Kier molecular flexibility index (Phi) is 7.69. The number of carbonyl (C=O) groups is 2. The number of ether oxygens (including phenoxy) is 2. The second kappa shape index (κ2) is 9.78. The van der Waals surface area contributed by atoms with E-state index in [9.17, 15) is 14.7 Å². The largest absolute Gasteiger partial charge is 0.496 e. The highest BCUT2D eigenvalue weighted by molar-refractivity contribution is 5.80. The third-order valence-corrected chi connectivity index (χ3v) is 4.62. The fourth-order valence-corrected chi connectivity index (χ4v) is 3.33. The Labute approximate surface area is 167 Å². The lowest BCUT2D eigenvalue weighted by Crippen LogP contribution is -2.44. The second-order valence-corrected chi connectivity index (χ2v) is 8.22. The summed E-state index contributed by atoms with van der Waals surface area (Å²) in [5, 5.41) is 12.0. The van der Waals surface area contributed by atoms with E-state index in [-0.39, 0.29) is 6.42 Å². The van der Waals surface area contributed by atoms with E-state index in [1.807, 2.05) is 18.2 Å². The third-order valence-electron chi connectivity index (χ3n) is 4.62. The number of carbonyl (C=O) groups excluding carboxylic acids is 1. The van der Waals surface area contributed by atoms with Crippen molar-refractivity contribution in [1.82, 2.24) is 10.2 Å². The van der Waals surface area contributed by atoms with Gasteiger partial charge in [0.1, 0.15) is 17.4 Å². The lowest BCUT2D eigenvalue weighted by molar-refractivity contribution is -0.139. The maximum atomic E-state index is 12.0. The minimum Gasteiger partial charge on any atom is -0.496 e. The highest BCUT2D eigenvalue weighted by Crippen LogP contribution is 2.24. The first-order chi connectivity index (χ1) is 13.2. The minimum atomic E-state index is -1.10. The summed E-state index contributed by atoms with van der Waals surface area (Å²) in [6.07, 6.45) is 3.10. The number of piperidine rings is 1. The molecule has 1 heterocycles. The highest BCUT2D eigenvalue weighted by Gasteiger charge is 2.24. The van der Waals surface area contributed by atoms with Gasteiger partial charge in [0, 0.05) is 18.5 Å². The number of nitrogens with one attached hydrogen (secondary N) is 1. The summed E-state index contributed by atoms with van der Waals surface area (Å²) < 4.78 is 10.7. The number of rotatable bonds is 7. The van der Waals surface area contributed by atoms with Crippen molar-refractivity contribution >= 4 is 12.1 Å². The standard InChI is InChI=1S/C21H32N2O5/c1-21(2,3)28-20(26)22-17(19(24)25)13-15-8-9-18(27-4)16(12-15)14-23-10-6-5-7-11-23/h8-9,12,17H,5-7,10-11,13-14H2,1-4H3,(H,22,26)(H,24,25). The molecule has 1 unspecified atom stereocenters. The zero-order chi connectivity index (χ0) is 20.7. The lowest BCUT2D eigenvalue weighted by Gasteiger charge is -2.27. The average Bonchev–Trinajstić information content (AvgIpc) is 2.60. The van der Waals surface area contributed by atoms with Crippen LogP contribution >= 0.6 is 0 Å². The van der Waals surface area contributed by atoms with E-state index in [1.54, 1.807) is 27.9 Å². The topological polar surface area (TPSA) is 88.1 Å². The Morgan fingerprint density at radius 1 is 1.21 bits per heavy atom. The summed E-state index contributed by atoms with van der Waals surface area (Å²) in [5.74, 6) is -0.305. The van der Waals surface area contributed by atoms with E-state index < -0.39 is 23.7 Å². The van der Waals surface area contributed by atoms with Crippen molar-refractivity contribution in [2.24, 2.45) is 0 Å². The maximum Gasteiger partial charge on any atom is 0.408 e. The van der Waals surface area contributed by atoms with Crippen LogP contribution in [-0.4, -0.2) is 53.9 Å². The van der Waals surface area contributed by atoms with Crippen LogP contribution in [0.1, 0.15) is 51.2 Å². The van der Waals surface area contributed by atoms with Gasteiger partial charge in [-0.3, -0.25) is 4.90 Å². The quantitative estimate of drug-likeness (QED) is 0.741. The Bertz CT molecular complexity index is 678. The molecule has 28 heavy (non-hydrogen) atoms. The number of nitrogens with zero attached hydrogens (tertiary/aromatic N) is 1. The SMILES string of the molecule is COc1ccc(CC(NC(=O)OC(C)(C)C)C(=O)O)cc1CN1CCCCC1. The maximum absolute atomic E-state index is 12.0. The van der Waals surface area contributed by atoms with Crippen LogP contribution in [0.2, 0.25) is 0 Å². The van der Waals surface area contributed by atoms with E-state index in [4.69, 9.17) is 9.47 Å². The molecule has 7 nitrogen and oxygen atoms in total. The van der Waals surface area contributed by atoms with Crippen LogP contribution in [0.5, 0.6) is 5.75 Å². The number of carboxylic acid groups (broad SMARTS) is 1. The molecule has 0 aromatic heterocycles. The van der Waals surface area contributed by atoms with Gasteiger partial charge in [-0.05, 0) is 58.3 Å². The molecule has 0 bridgehead atoms. The number of methoxy groups -OCH3 is 1. The van der Waals surface area contributed by atoms with Crippen LogP contribution in [0.3, 0.4) is 0 Å². The van der Waals surface area contributed by atoms with Crippen molar-refractivity contribution in [3.8, 4) is 5.75 Å². The zero-order valence-electron chi connectivity index (χ0n) is 17.3. The highest BCUT2D eigenvalue weighted by atomic mass is 16.6. The molecular weight excluding hydrogens is 360 g/mol. The third kappa shape index (κ3) is 7.03. The van der Waals surface area contributed by atoms with Gasteiger partial charge in [-0.25, -0.2) is 9.59 Å². The van der Waals surface area contributed by atoms with Crippen LogP contribution in [0.4, 0.5) is 4.79 Å². The molecule has 1 saturated heterocycles. The molecule has 7 heteroatoms. The Morgan fingerprint density at radius 3 is 2.46 bits per heavy atom. The molecular formula is C21H32N2O5. The van der Waals surface area contributed by atoms with E-state index in [0.717, 1.165) is 36.5 Å². The van der Waals surface area contributed by atoms with Gasteiger partial charge < -0.3 is 19.9 Å². The lowest BCUT2D eigenvalue weighted by atomic mass is 10.0. The molecule has 0 aliphatic carbocycles. The predicted molar refractivity (Wildman–Crippen MR) is 107 cm³/mol. The van der Waals surface area contributed by atoms with Gasteiger partial charge in [-0.2, -0.15) is 0 Å². The molecule has 156 valence electrons. The van der Waals surface area contributed by atoms with Crippen molar-refractivity contribution in [3.63, 3.8) is 0 Å². The van der Waals surface area contributed by atoms with Crippen molar-refractivity contribution in [1.29, 1.82) is 0 Å². The van der Waals surface area contributed by atoms with Gasteiger partial charge in [0.25, 0.3) is 0 Å². The number of hydrogen-bond donors (Lipinski definition) is 2. The van der Waals surface area contributed by atoms with Crippen LogP contribution in [0, 0.1) is 0 Å². The van der Waals surface area contributed by atoms with Crippen LogP contribution < -0.4 is 10.1 Å². The molecule has 0 spiro atoms. The van der Waals surface area contributed by atoms with Gasteiger partial charge in [0.2, 0.25) is 0 Å². The zero-order valence-corrected chi connectivity index (χ0v) is 17.3. The summed E-state index contributed by atoms with van der Waals surface area (Å²) in [6, 6.07) is 4.61. The molecule has 2 N–H and O–H groups in total. The van der Waals surface area contributed by atoms with E-state index in [0.29, 0.717) is 0 Å². The van der Waals surface area contributed by atoms with Gasteiger partial charge in [-0.1, -0.05) is 18.6 Å². The smallest absolute Gasteiger partial charge is 0.408 e. The predicted octanol–water partition coefficient (Wildman–Crippen LogP) is 3.20. The fraction of sp³-hybridized carbons (Fsp3) is 0.619. The Balaban J connectivity index is 2.10. The van der Waals surface area contributed by atoms with Crippen LogP contribution in [-0.2, 0) is 22.5 Å². The van der Waals surface area contributed by atoms with Gasteiger partial charge in [0.15, 0.2) is 0 Å². The fourth-order valence-electron chi connectivity index (χ4n) is 3.33. The molecule has 1 atom stereocenters. The summed E-state index contributed by atoms with van der Waals surface area (Å²) in [7, 11) is 1.64. The normalized spacial score (nSPS) is 16.3. The van der Waals surface area contributed by atoms with Crippen molar-refractivity contribution in [3.05, 3.63) is 29.3 Å². The molecule has 2 rings (SSSR count). The van der Waals surface area contributed by atoms with E-state index in [2.05, 4.69) is 10.2 Å². The second-order valence-electron chi connectivity index (χ2n) is 8.22. The number of alkyl carbamates (subject to hydrolysis) is 1. The first-order valence-corrected chi connectivity index (χ1v) is 9.78. The first kappa shape index (κ1) is 22.0. The first-order valence-electron chi connectivity index (χ1n) is 9.78. The molecule has 1 aliphatic heterocycles. The van der Waals surface area contributed by atoms with Gasteiger partial charge in [-0.15, -0.1) is 0 Å². The van der Waals surface area contributed by atoms with Crippen LogP contribution in [0.15, 0.2) is 18.2 Å². The molecule has 1 amide bonds. The molecule has 1 aromatic rings. The Hall–Kier alpha value is -2.28. The number of benzene rings is 1. The summed E-state index contributed by atoms with van der Waals surface area (Å²) in [6.45, 7) is 8.10. The molecule has 0 saturated carbocycles. The van der Waals surface area contributed by atoms with E-state index in [1.165, 1.54) is 19.3 Å². The van der Waals surface area contributed by atoms with Crippen molar-refractivity contribution in [2.45, 2.75) is 64.6 Å². The summed E-state index contributed by atoms with van der Waals surface area (Å²) >= 11 is 0. The molecule has 1 fully saturated rings. The Morgan fingerprint density at radius 2 is 1.89 bits per heavy atom. The minimum absolute atomic E-state index is 0.172. The van der Waals surface area contributed by atoms with Crippen molar-refractivity contribution in [2.75, 3.05) is 20.2 Å². The number of aliphatic carboxylic acids is 1. The molecule has 1 aliphatic rings.